The maximum Gasteiger partial charge on any atom is 0.0998 e. The number of nitriles is 2. The lowest BCUT2D eigenvalue weighted by Gasteiger charge is -2.12. The molecule has 0 unspecified atom stereocenters. The van der Waals surface area contributed by atoms with E-state index >= 15 is 0 Å². The molecule has 0 N–H and O–H groups in total. The molecule has 0 radical (unpaired) electrons. The van der Waals surface area contributed by atoms with Crippen LogP contribution in [-0.4, -0.2) is 9.13 Å². The van der Waals surface area contributed by atoms with E-state index in [4.69, 9.17) is 0 Å². The van der Waals surface area contributed by atoms with Gasteiger partial charge in [-0.15, -0.1) is 0 Å². The second kappa shape index (κ2) is 10.9. The molecule has 4 heteroatoms. The summed E-state index contributed by atoms with van der Waals surface area (Å²) in [5, 5.41) is 24.2. The number of hydrogen-bond acceptors (Lipinski definition) is 2. The van der Waals surface area contributed by atoms with Gasteiger partial charge < -0.3 is 9.13 Å². The number of rotatable bonds is 4. The van der Waals surface area contributed by atoms with Gasteiger partial charge in [-0.05, 0) is 76.9 Å². The third-order valence-corrected chi connectivity index (χ3v) is 9.44. The van der Waals surface area contributed by atoms with Crippen LogP contribution < -0.4 is 0 Å². The van der Waals surface area contributed by atoms with Crippen molar-refractivity contribution in [1.29, 1.82) is 10.5 Å². The average molecular weight is 611 g/mol. The number of fused-ring (bicyclic) bond motifs is 7. The summed E-state index contributed by atoms with van der Waals surface area (Å²) in [6, 6.07) is 58.9. The molecule has 222 valence electrons. The highest BCUT2D eigenvalue weighted by Crippen LogP contribution is 2.42. The second-order valence-corrected chi connectivity index (χ2v) is 12.0. The van der Waals surface area contributed by atoms with Crippen molar-refractivity contribution >= 4 is 43.6 Å². The van der Waals surface area contributed by atoms with E-state index < -0.39 is 0 Å². The minimum absolute atomic E-state index is 0.666. The van der Waals surface area contributed by atoms with Crippen molar-refractivity contribution in [2.24, 2.45) is 0 Å². The van der Waals surface area contributed by atoms with Gasteiger partial charge >= 0.3 is 0 Å². The lowest BCUT2D eigenvalue weighted by molar-refractivity contribution is 1.17. The fraction of sp³-hybridized carbons (Fsp3) is 0. The molecule has 0 saturated carbocycles. The van der Waals surface area contributed by atoms with Gasteiger partial charge in [-0.25, -0.2) is 0 Å². The summed E-state index contributed by atoms with van der Waals surface area (Å²) in [5.41, 5.74) is 11.9. The van der Waals surface area contributed by atoms with Crippen LogP contribution in [0.3, 0.4) is 0 Å². The van der Waals surface area contributed by atoms with Crippen LogP contribution in [0.2, 0.25) is 0 Å². The molecule has 7 aromatic carbocycles. The molecule has 0 atom stereocenters. The first-order valence-electron chi connectivity index (χ1n) is 15.9. The Morgan fingerprint density at radius 1 is 0.375 bits per heavy atom. The fourth-order valence-electron chi connectivity index (χ4n) is 7.30. The molecule has 48 heavy (non-hydrogen) atoms. The van der Waals surface area contributed by atoms with Crippen LogP contribution in [-0.2, 0) is 0 Å². The number of benzene rings is 7. The van der Waals surface area contributed by atoms with Crippen molar-refractivity contribution in [2.75, 3.05) is 0 Å². The predicted octanol–water partition coefficient (Wildman–Crippen LogP) is 11.0. The summed E-state index contributed by atoms with van der Waals surface area (Å²) in [5.74, 6) is 0. The minimum atomic E-state index is 0.666. The molecule has 2 heterocycles. The molecule has 0 amide bonds. The maximum absolute atomic E-state index is 9.71. The van der Waals surface area contributed by atoms with E-state index in [2.05, 4.69) is 130 Å². The zero-order valence-corrected chi connectivity index (χ0v) is 25.8. The summed E-state index contributed by atoms with van der Waals surface area (Å²) in [6.07, 6.45) is 0. The zero-order chi connectivity index (χ0) is 32.2. The quantitative estimate of drug-likeness (QED) is 0.199. The van der Waals surface area contributed by atoms with Crippen molar-refractivity contribution < 1.29 is 0 Å². The van der Waals surface area contributed by atoms with Crippen LogP contribution in [0, 0.1) is 22.7 Å². The number of nitrogens with zero attached hydrogens (tertiary/aromatic N) is 4. The van der Waals surface area contributed by atoms with Crippen LogP contribution in [0.5, 0.6) is 0 Å². The lowest BCUT2D eigenvalue weighted by atomic mass is 10.0. The molecule has 2 aromatic heterocycles. The molecule has 0 fully saturated rings. The first kappa shape index (κ1) is 27.4. The SMILES string of the molecule is N#Cc1ccccc1-c1ccc(-n2c3ccccc3c3c2ccc2c4ccccc4n(-c4ccc(-c5ccccc5C#N)cc4)c23)cc1. The van der Waals surface area contributed by atoms with E-state index in [0.29, 0.717) is 11.1 Å². The van der Waals surface area contributed by atoms with Crippen molar-refractivity contribution in [3.05, 3.63) is 169 Å². The highest BCUT2D eigenvalue weighted by molar-refractivity contribution is 6.26. The molecule has 0 saturated heterocycles. The third-order valence-electron chi connectivity index (χ3n) is 9.44. The topological polar surface area (TPSA) is 57.4 Å². The number of aromatic nitrogens is 2. The van der Waals surface area contributed by atoms with Crippen LogP contribution in [0.1, 0.15) is 11.1 Å². The first-order chi connectivity index (χ1) is 23.7. The van der Waals surface area contributed by atoms with Gasteiger partial charge in [0.1, 0.15) is 0 Å². The van der Waals surface area contributed by atoms with Crippen LogP contribution >= 0.6 is 0 Å². The van der Waals surface area contributed by atoms with Crippen LogP contribution in [0.25, 0.3) is 77.2 Å². The smallest absolute Gasteiger partial charge is 0.0998 e. The van der Waals surface area contributed by atoms with Gasteiger partial charge in [0.05, 0.1) is 45.3 Å². The standard InChI is InChI=1S/C44H26N4/c45-27-31-9-1-3-11-35(31)29-17-21-33(22-18-29)47-41-16-8-6-14-39(41)43-42(47)26-25-38-37-13-5-7-15-40(37)48(44(38)43)34-23-19-30(20-24-34)36-12-4-2-10-32(36)28-46/h1-26H. The highest BCUT2D eigenvalue weighted by atomic mass is 15.0. The average Bonchev–Trinajstić information content (AvgIpc) is 3.68. The van der Waals surface area contributed by atoms with E-state index in [0.717, 1.165) is 55.7 Å². The minimum Gasteiger partial charge on any atom is -0.309 e. The van der Waals surface area contributed by atoms with Gasteiger partial charge in [-0.2, -0.15) is 10.5 Å². The lowest BCUT2D eigenvalue weighted by Crippen LogP contribution is -1.96. The fourth-order valence-corrected chi connectivity index (χ4v) is 7.30. The Bertz CT molecular complexity index is 2780. The summed E-state index contributed by atoms with van der Waals surface area (Å²) < 4.78 is 4.72. The molecule has 0 bridgehead atoms. The Morgan fingerprint density at radius 3 is 1.44 bits per heavy atom. The molecule has 9 rings (SSSR count). The van der Waals surface area contributed by atoms with Crippen molar-refractivity contribution in [2.45, 2.75) is 0 Å². The largest absolute Gasteiger partial charge is 0.309 e. The molecular formula is C44H26N4. The van der Waals surface area contributed by atoms with Gasteiger partial charge in [-0.1, -0.05) is 103 Å². The van der Waals surface area contributed by atoms with Crippen molar-refractivity contribution in [3.63, 3.8) is 0 Å². The van der Waals surface area contributed by atoms with Gasteiger partial charge in [0, 0.05) is 32.9 Å². The molecule has 4 nitrogen and oxygen atoms in total. The maximum atomic E-state index is 9.71. The molecular weight excluding hydrogens is 585 g/mol. The van der Waals surface area contributed by atoms with E-state index in [1.165, 1.54) is 21.5 Å². The number of hydrogen-bond donors (Lipinski definition) is 0. The molecule has 0 aliphatic heterocycles. The van der Waals surface area contributed by atoms with Crippen molar-refractivity contribution in [3.8, 4) is 45.8 Å². The monoisotopic (exact) mass is 610 g/mol. The van der Waals surface area contributed by atoms with E-state index in [-0.39, 0.29) is 0 Å². The van der Waals surface area contributed by atoms with Crippen LogP contribution in [0.15, 0.2) is 158 Å². The summed E-state index contributed by atoms with van der Waals surface area (Å²) in [7, 11) is 0. The van der Waals surface area contributed by atoms with Crippen molar-refractivity contribution in [1.82, 2.24) is 9.13 Å². The Balaban J connectivity index is 1.29. The van der Waals surface area contributed by atoms with E-state index in [1.54, 1.807) is 0 Å². The Hall–Kier alpha value is -6.88. The summed E-state index contributed by atoms with van der Waals surface area (Å²) >= 11 is 0. The van der Waals surface area contributed by atoms with Gasteiger partial charge in [0.2, 0.25) is 0 Å². The van der Waals surface area contributed by atoms with Gasteiger partial charge in [0.15, 0.2) is 0 Å². The molecule has 9 aromatic rings. The zero-order valence-electron chi connectivity index (χ0n) is 25.8. The molecule has 0 aliphatic rings. The first-order valence-corrected chi connectivity index (χ1v) is 15.9. The summed E-state index contributed by atoms with van der Waals surface area (Å²) in [4.78, 5) is 0. The Labute approximate surface area is 277 Å². The van der Waals surface area contributed by atoms with Gasteiger partial charge in [-0.3, -0.25) is 0 Å². The van der Waals surface area contributed by atoms with E-state index in [9.17, 15) is 10.5 Å². The highest BCUT2D eigenvalue weighted by Gasteiger charge is 2.21. The Kier molecular flexibility index (Phi) is 6.22. The van der Waals surface area contributed by atoms with Crippen LogP contribution in [0.4, 0.5) is 0 Å². The van der Waals surface area contributed by atoms with E-state index in [1.807, 2.05) is 48.5 Å². The predicted molar refractivity (Wildman–Crippen MR) is 195 cm³/mol. The third kappa shape index (κ3) is 4.07. The molecule has 0 spiro atoms. The Morgan fingerprint density at radius 2 is 0.854 bits per heavy atom. The van der Waals surface area contributed by atoms with Gasteiger partial charge in [0.25, 0.3) is 0 Å². The number of para-hydroxylation sites is 2. The summed E-state index contributed by atoms with van der Waals surface area (Å²) in [6.45, 7) is 0. The molecule has 0 aliphatic carbocycles. The second-order valence-electron chi connectivity index (χ2n) is 12.0. The normalized spacial score (nSPS) is 11.3.